The van der Waals surface area contributed by atoms with Gasteiger partial charge in [-0.2, -0.15) is 0 Å². The maximum Gasteiger partial charge on any atom is 0.339 e. The van der Waals surface area contributed by atoms with Gasteiger partial charge in [0.15, 0.2) is 11.5 Å². The predicted molar refractivity (Wildman–Crippen MR) is 81.7 cm³/mol. The van der Waals surface area contributed by atoms with E-state index in [1.165, 1.54) is 12.1 Å². The fourth-order valence-corrected chi connectivity index (χ4v) is 2.35. The number of phenols is 3. The molecule has 0 aliphatic rings. The fraction of sp³-hybridized carbons (Fsp3) is 0.235. The van der Waals surface area contributed by atoms with Crippen LogP contribution < -0.4 is 0 Å². The number of benzene rings is 2. The Kier molecular flexibility index (Phi) is 3.75. The quantitative estimate of drug-likeness (QED) is 0.653. The first-order valence-corrected chi connectivity index (χ1v) is 6.74. The molecule has 2 aromatic carbocycles. The zero-order valence-corrected chi connectivity index (χ0v) is 12.6. The van der Waals surface area contributed by atoms with E-state index in [1.54, 1.807) is 25.1 Å². The molecule has 0 amide bonds. The van der Waals surface area contributed by atoms with Crippen molar-refractivity contribution < 1.29 is 25.2 Å². The first kappa shape index (κ1) is 15.7. The minimum Gasteiger partial charge on any atom is -0.508 e. The fourth-order valence-electron chi connectivity index (χ4n) is 2.35. The minimum atomic E-state index is -1.31. The molecular weight excluding hydrogens is 284 g/mol. The van der Waals surface area contributed by atoms with Crippen molar-refractivity contribution in [3.8, 4) is 17.2 Å². The molecule has 0 aliphatic carbocycles. The number of aryl methyl sites for hydroxylation is 1. The topological polar surface area (TPSA) is 98.0 Å². The third-order valence-electron chi connectivity index (χ3n) is 3.96. The molecule has 22 heavy (non-hydrogen) atoms. The van der Waals surface area contributed by atoms with E-state index in [0.29, 0.717) is 11.1 Å². The highest BCUT2D eigenvalue weighted by molar-refractivity contribution is 5.92. The number of carbonyl (C=O) groups is 1. The van der Waals surface area contributed by atoms with Crippen molar-refractivity contribution in [3.63, 3.8) is 0 Å². The summed E-state index contributed by atoms with van der Waals surface area (Å²) < 4.78 is 0. The summed E-state index contributed by atoms with van der Waals surface area (Å²) >= 11 is 0. The molecule has 0 heterocycles. The summed E-state index contributed by atoms with van der Waals surface area (Å²) in [4.78, 5) is 11.2. The highest BCUT2D eigenvalue weighted by Gasteiger charge is 2.27. The van der Waals surface area contributed by atoms with Crippen molar-refractivity contribution in [2.24, 2.45) is 0 Å². The van der Waals surface area contributed by atoms with E-state index in [1.807, 2.05) is 13.8 Å². The van der Waals surface area contributed by atoms with E-state index in [0.717, 1.165) is 5.56 Å². The average Bonchev–Trinajstić information content (AvgIpc) is 2.44. The molecule has 5 heteroatoms. The number of aromatic carboxylic acids is 1. The third-order valence-corrected chi connectivity index (χ3v) is 3.96. The Hall–Kier alpha value is -2.69. The summed E-state index contributed by atoms with van der Waals surface area (Å²) in [5, 5.41) is 38.2. The molecule has 2 rings (SSSR count). The van der Waals surface area contributed by atoms with Gasteiger partial charge in [-0.15, -0.1) is 0 Å². The molecule has 0 saturated heterocycles. The maximum absolute atomic E-state index is 11.2. The number of hydrogen-bond donors (Lipinski definition) is 4. The number of rotatable bonds is 3. The molecule has 2 aromatic rings. The average molecular weight is 302 g/mol. The number of carboxylic acids is 1. The number of hydrogen-bond acceptors (Lipinski definition) is 4. The van der Waals surface area contributed by atoms with Gasteiger partial charge in [-0.1, -0.05) is 26.0 Å². The van der Waals surface area contributed by atoms with E-state index in [4.69, 9.17) is 5.11 Å². The zero-order chi connectivity index (χ0) is 16.7. The summed E-state index contributed by atoms with van der Waals surface area (Å²) in [5.74, 6) is -2.25. The Morgan fingerprint density at radius 2 is 1.59 bits per heavy atom. The first-order chi connectivity index (χ1) is 10.1. The lowest BCUT2D eigenvalue weighted by atomic mass is 9.77. The van der Waals surface area contributed by atoms with Crippen LogP contribution in [0, 0.1) is 6.92 Å². The highest BCUT2D eigenvalue weighted by Crippen LogP contribution is 2.39. The van der Waals surface area contributed by atoms with Gasteiger partial charge in [0.2, 0.25) is 0 Å². The van der Waals surface area contributed by atoms with E-state index in [9.17, 15) is 20.1 Å². The van der Waals surface area contributed by atoms with E-state index < -0.39 is 22.9 Å². The Morgan fingerprint density at radius 3 is 2.14 bits per heavy atom. The van der Waals surface area contributed by atoms with Crippen molar-refractivity contribution >= 4 is 5.97 Å². The van der Waals surface area contributed by atoms with Gasteiger partial charge in [0, 0.05) is 5.41 Å². The molecule has 4 N–H and O–H groups in total. The lowest BCUT2D eigenvalue weighted by Crippen LogP contribution is -2.19. The van der Waals surface area contributed by atoms with E-state index in [2.05, 4.69) is 0 Å². The van der Waals surface area contributed by atoms with Crippen LogP contribution in [0.5, 0.6) is 17.2 Å². The van der Waals surface area contributed by atoms with Crippen LogP contribution in [-0.2, 0) is 5.41 Å². The molecule has 0 aromatic heterocycles. The van der Waals surface area contributed by atoms with Gasteiger partial charge in [-0.3, -0.25) is 0 Å². The lowest BCUT2D eigenvalue weighted by molar-refractivity contribution is 0.0692. The molecule has 0 fully saturated rings. The standard InChI is InChI=1S/C17H18O5/c1-9-6-10(4-5-13(9)18)17(2,3)11-7-12(16(21)22)15(20)14(19)8-11/h4-8,18-20H,1-3H3,(H,21,22). The molecule has 116 valence electrons. The SMILES string of the molecule is Cc1cc(C(C)(C)c2cc(O)c(O)c(C(=O)O)c2)ccc1O. The molecule has 0 atom stereocenters. The van der Waals surface area contributed by atoms with Crippen LogP contribution in [0.4, 0.5) is 0 Å². The second kappa shape index (κ2) is 5.26. The lowest BCUT2D eigenvalue weighted by Gasteiger charge is -2.27. The summed E-state index contributed by atoms with van der Waals surface area (Å²) in [6, 6.07) is 7.82. The van der Waals surface area contributed by atoms with Crippen molar-refractivity contribution in [3.05, 3.63) is 52.6 Å². The molecule has 0 bridgehead atoms. The monoisotopic (exact) mass is 302 g/mol. The van der Waals surface area contributed by atoms with Crippen LogP contribution in [0.3, 0.4) is 0 Å². The Bertz CT molecular complexity index is 747. The van der Waals surface area contributed by atoms with Crippen molar-refractivity contribution in [1.82, 2.24) is 0 Å². The van der Waals surface area contributed by atoms with Crippen molar-refractivity contribution in [2.75, 3.05) is 0 Å². The van der Waals surface area contributed by atoms with Gasteiger partial charge in [-0.05, 0) is 41.8 Å². The molecule has 0 unspecified atom stereocenters. The van der Waals surface area contributed by atoms with Gasteiger partial charge in [0.05, 0.1) is 0 Å². The predicted octanol–water partition coefficient (Wildman–Crippen LogP) is 3.14. The number of phenolic OH excluding ortho intramolecular Hbond substituents is 2. The minimum absolute atomic E-state index is 0.180. The van der Waals surface area contributed by atoms with Gasteiger partial charge in [0.25, 0.3) is 0 Å². The van der Waals surface area contributed by atoms with Crippen LogP contribution in [0.15, 0.2) is 30.3 Å². The normalized spacial score (nSPS) is 11.4. The molecule has 0 saturated carbocycles. The van der Waals surface area contributed by atoms with Gasteiger partial charge in [0.1, 0.15) is 11.3 Å². The second-order valence-corrected chi connectivity index (χ2v) is 5.82. The van der Waals surface area contributed by atoms with Crippen LogP contribution in [0.25, 0.3) is 0 Å². The zero-order valence-electron chi connectivity index (χ0n) is 12.6. The maximum atomic E-state index is 11.2. The number of aromatic hydroxyl groups is 3. The molecule has 0 radical (unpaired) electrons. The van der Waals surface area contributed by atoms with Crippen LogP contribution in [-0.4, -0.2) is 26.4 Å². The smallest absolute Gasteiger partial charge is 0.339 e. The largest absolute Gasteiger partial charge is 0.508 e. The molecule has 0 aliphatic heterocycles. The molecule has 0 spiro atoms. The highest BCUT2D eigenvalue weighted by atomic mass is 16.4. The van der Waals surface area contributed by atoms with Crippen LogP contribution in [0.2, 0.25) is 0 Å². The van der Waals surface area contributed by atoms with Crippen LogP contribution in [0.1, 0.15) is 40.9 Å². The Balaban J connectivity index is 2.62. The Morgan fingerprint density at radius 1 is 0.955 bits per heavy atom. The summed E-state index contributed by atoms with van der Waals surface area (Å²) in [6.45, 7) is 5.51. The van der Waals surface area contributed by atoms with E-state index >= 15 is 0 Å². The first-order valence-electron chi connectivity index (χ1n) is 6.74. The summed E-state index contributed by atoms with van der Waals surface area (Å²) in [6.07, 6.45) is 0. The second-order valence-electron chi connectivity index (χ2n) is 5.82. The third kappa shape index (κ3) is 2.57. The summed E-state index contributed by atoms with van der Waals surface area (Å²) in [5.41, 5.74) is 1.13. The van der Waals surface area contributed by atoms with E-state index in [-0.39, 0.29) is 11.3 Å². The van der Waals surface area contributed by atoms with Gasteiger partial charge in [-0.25, -0.2) is 4.79 Å². The summed E-state index contributed by atoms with van der Waals surface area (Å²) in [7, 11) is 0. The molecule has 5 nitrogen and oxygen atoms in total. The molecular formula is C17H18O5. The number of carboxylic acid groups (broad SMARTS) is 1. The van der Waals surface area contributed by atoms with Crippen molar-refractivity contribution in [1.29, 1.82) is 0 Å². The van der Waals surface area contributed by atoms with Gasteiger partial charge >= 0.3 is 5.97 Å². The van der Waals surface area contributed by atoms with Crippen molar-refractivity contribution in [2.45, 2.75) is 26.2 Å². The Labute approximate surface area is 128 Å². The van der Waals surface area contributed by atoms with Crippen LogP contribution >= 0.6 is 0 Å². The van der Waals surface area contributed by atoms with Gasteiger partial charge < -0.3 is 20.4 Å².